The monoisotopic (exact) mass is 297 g/mol. The molecule has 2 rings (SSSR count). The summed E-state index contributed by atoms with van der Waals surface area (Å²) in [7, 11) is 1.40. The molecule has 0 spiro atoms. The van der Waals surface area contributed by atoms with Crippen LogP contribution in [0.3, 0.4) is 0 Å². The fourth-order valence-electron chi connectivity index (χ4n) is 2.88. The highest BCUT2D eigenvalue weighted by molar-refractivity contribution is 6.06. The minimum atomic E-state index is -0.826. The van der Waals surface area contributed by atoms with Crippen molar-refractivity contribution in [1.29, 1.82) is 0 Å². The van der Waals surface area contributed by atoms with E-state index in [0.29, 0.717) is 19.6 Å². The van der Waals surface area contributed by atoms with Gasteiger partial charge in [-0.2, -0.15) is 0 Å². The van der Waals surface area contributed by atoms with Crippen LogP contribution in [0, 0.1) is 5.92 Å². The SMILES string of the molecule is COC(=O)C1CCCN(CCN2C(=O)NC(C)(C)C2=O)C1. The number of esters is 1. The lowest BCUT2D eigenvalue weighted by molar-refractivity contribution is -0.147. The molecule has 1 atom stereocenters. The van der Waals surface area contributed by atoms with E-state index in [4.69, 9.17) is 4.74 Å². The van der Waals surface area contributed by atoms with Gasteiger partial charge in [0.2, 0.25) is 0 Å². The van der Waals surface area contributed by atoms with Gasteiger partial charge in [-0.1, -0.05) is 0 Å². The summed E-state index contributed by atoms with van der Waals surface area (Å²) in [5.74, 6) is -0.492. The van der Waals surface area contributed by atoms with Crippen LogP contribution in [0.25, 0.3) is 0 Å². The summed E-state index contributed by atoms with van der Waals surface area (Å²) < 4.78 is 4.78. The minimum absolute atomic E-state index is 0.108. The Morgan fingerprint density at radius 2 is 2.10 bits per heavy atom. The van der Waals surface area contributed by atoms with Gasteiger partial charge in [0, 0.05) is 19.6 Å². The number of ether oxygens (including phenoxy) is 1. The van der Waals surface area contributed by atoms with Gasteiger partial charge in [0.15, 0.2) is 0 Å². The van der Waals surface area contributed by atoms with Crippen LogP contribution in [0.2, 0.25) is 0 Å². The number of hydrogen-bond acceptors (Lipinski definition) is 5. The third-order valence-corrected chi connectivity index (χ3v) is 4.12. The summed E-state index contributed by atoms with van der Waals surface area (Å²) in [6.07, 6.45) is 1.75. The van der Waals surface area contributed by atoms with Gasteiger partial charge >= 0.3 is 12.0 Å². The summed E-state index contributed by atoms with van der Waals surface area (Å²) in [6.45, 7) is 5.83. The summed E-state index contributed by atoms with van der Waals surface area (Å²) in [6, 6.07) is -0.341. The van der Waals surface area contributed by atoms with Gasteiger partial charge in [-0.25, -0.2) is 4.79 Å². The van der Waals surface area contributed by atoms with Crippen molar-refractivity contribution in [1.82, 2.24) is 15.1 Å². The molecule has 0 aliphatic carbocycles. The normalized spacial score (nSPS) is 25.9. The summed E-state index contributed by atoms with van der Waals surface area (Å²) in [5.41, 5.74) is -0.826. The van der Waals surface area contributed by atoms with Crippen molar-refractivity contribution in [3.8, 4) is 0 Å². The van der Waals surface area contributed by atoms with Crippen LogP contribution in [-0.4, -0.2) is 66.5 Å². The zero-order chi connectivity index (χ0) is 15.6. The first kappa shape index (κ1) is 15.8. The Bertz CT molecular complexity index is 450. The second-order valence-corrected chi connectivity index (χ2v) is 6.17. The maximum absolute atomic E-state index is 12.1. The zero-order valence-electron chi connectivity index (χ0n) is 12.8. The van der Waals surface area contributed by atoms with E-state index in [1.165, 1.54) is 12.0 Å². The Hall–Kier alpha value is -1.63. The van der Waals surface area contributed by atoms with Crippen molar-refractivity contribution < 1.29 is 19.1 Å². The Balaban J connectivity index is 1.87. The molecule has 118 valence electrons. The quantitative estimate of drug-likeness (QED) is 0.592. The van der Waals surface area contributed by atoms with E-state index in [9.17, 15) is 14.4 Å². The number of urea groups is 1. The van der Waals surface area contributed by atoms with E-state index in [1.54, 1.807) is 13.8 Å². The lowest BCUT2D eigenvalue weighted by atomic mass is 9.98. The molecular formula is C14H23N3O4. The number of likely N-dealkylation sites (tertiary alicyclic amines) is 1. The number of nitrogens with zero attached hydrogens (tertiary/aromatic N) is 2. The number of hydrogen-bond donors (Lipinski definition) is 1. The maximum Gasteiger partial charge on any atom is 0.325 e. The molecule has 0 saturated carbocycles. The topological polar surface area (TPSA) is 79.0 Å². The average molecular weight is 297 g/mol. The minimum Gasteiger partial charge on any atom is -0.469 e. The Labute approximate surface area is 124 Å². The van der Waals surface area contributed by atoms with Crippen LogP contribution < -0.4 is 5.32 Å². The lowest BCUT2D eigenvalue weighted by Gasteiger charge is -2.32. The number of piperidine rings is 1. The fraction of sp³-hybridized carbons (Fsp3) is 0.786. The Morgan fingerprint density at radius 3 is 2.67 bits per heavy atom. The van der Waals surface area contributed by atoms with Gasteiger partial charge in [0.1, 0.15) is 5.54 Å². The number of rotatable bonds is 4. The molecule has 7 heteroatoms. The van der Waals surface area contributed by atoms with Crippen LogP contribution in [0.5, 0.6) is 0 Å². The van der Waals surface area contributed by atoms with Crippen molar-refractivity contribution in [2.45, 2.75) is 32.2 Å². The molecular weight excluding hydrogens is 274 g/mol. The third kappa shape index (κ3) is 3.34. The standard InChI is InChI=1S/C14H23N3O4/c1-14(2)12(19)17(13(20)15-14)8-7-16-6-4-5-10(9-16)11(18)21-3/h10H,4-9H2,1-3H3,(H,15,20). The van der Waals surface area contributed by atoms with Crippen molar-refractivity contribution in [2.75, 3.05) is 33.3 Å². The molecule has 0 aromatic rings. The first-order chi connectivity index (χ1) is 9.85. The van der Waals surface area contributed by atoms with Crippen LogP contribution in [0.4, 0.5) is 4.79 Å². The van der Waals surface area contributed by atoms with Crippen LogP contribution in [0.15, 0.2) is 0 Å². The number of imide groups is 1. The number of carbonyl (C=O) groups is 3. The molecule has 2 aliphatic heterocycles. The highest BCUT2D eigenvalue weighted by Gasteiger charge is 2.44. The molecule has 7 nitrogen and oxygen atoms in total. The van der Waals surface area contributed by atoms with Crippen molar-refractivity contribution in [3.63, 3.8) is 0 Å². The molecule has 0 bridgehead atoms. The second-order valence-electron chi connectivity index (χ2n) is 6.17. The maximum atomic E-state index is 12.1. The summed E-state index contributed by atoms with van der Waals surface area (Å²) >= 11 is 0. The molecule has 0 aromatic carbocycles. The number of amides is 3. The van der Waals surface area contributed by atoms with Crippen LogP contribution in [0.1, 0.15) is 26.7 Å². The van der Waals surface area contributed by atoms with E-state index in [1.807, 2.05) is 0 Å². The van der Waals surface area contributed by atoms with Gasteiger partial charge in [-0.3, -0.25) is 14.5 Å². The summed E-state index contributed by atoms with van der Waals surface area (Å²) in [4.78, 5) is 38.8. The highest BCUT2D eigenvalue weighted by Crippen LogP contribution is 2.19. The molecule has 2 saturated heterocycles. The van der Waals surface area contributed by atoms with E-state index in [-0.39, 0.29) is 23.8 Å². The molecule has 0 aromatic heterocycles. The molecule has 21 heavy (non-hydrogen) atoms. The van der Waals surface area contributed by atoms with Crippen molar-refractivity contribution in [2.24, 2.45) is 5.92 Å². The van der Waals surface area contributed by atoms with Crippen molar-refractivity contribution >= 4 is 17.9 Å². The smallest absolute Gasteiger partial charge is 0.325 e. The van der Waals surface area contributed by atoms with Crippen LogP contribution in [-0.2, 0) is 14.3 Å². The summed E-state index contributed by atoms with van der Waals surface area (Å²) in [5, 5.41) is 2.66. The first-order valence-corrected chi connectivity index (χ1v) is 7.29. The van der Waals surface area contributed by atoms with E-state index in [0.717, 1.165) is 19.4 Å². The van der Waals surface area contributed by atoms with E-state index >= 15 is 0 Å². The molecule has 2 aliphatic rings. The van der Waals surface area contributed by atoms with Gasteiger partial charge in [-0.05, 0) is 33.2 Å². The molecule has 1 N–H and O–H groups in total. The third-order valence-electron chi connectivity index (χ3n) is 4.12. The predicted octanol–water partition coefficient (Wildman–Crippen LogP) is 0.202. The average Bonchev–Trinajstić information content (AvgIpc) is 2.65. The zero-order valence-corrected chi connectivity index (χ0v) is 12.8. The second kappa shape index (κ2) is 6.01. The van der Waals surface area contributed by atoms with Gasteiger partial charge in [0.25, 0.3) is 5.91 Å². The van der Waals surface area contributed by atoms with E-state index in [2.05, 4.69) is 10.2 Å². The Morgan fingerprint density at radius 1 is 1.38 bits per heavy atom. The number of carbonyl (C=O) groups excluding carboxylic acids is 3. The lowest BCUT2D eigenvalue weighted by Crippen LogP contribution is -2.45. The molecule has 3 amide bonds. The van der Waals surface area contributed by atoms with Crippen molar-refractivity contribution in [3.05, 3.63) is 0 Å². The highest BCUT2D eigenvalue weighted by atomic mass is 16.5. The number of methoxy groups -OCH3 is 1. The predicted molar refractivity (Wildman–Crippen MR) is 75.5 cm³/mol. The molecule has 2 fully saturated rings. The largest absolute Gasteiger partial charge is 0.469 e. The van der Waals surface area contributed by atoms with Gasteiger partial charge < -0.3 is 15.0 Å². The van der Waals surface area contributed by atoms with Crippen LogP contribution >= 0.6 is 0 Å². The molecule has 2 heterocycles. The molecule has 0 radical (unpaired) electrons. The first-order valence-electron chi connectivity index (χ1n) is 7.29. The Kier molecular flexibility index (Phi) is 4.51. The van der Waals surface area contributed by atoms with E-state index < -0.39 is 5.54 Å². The number of nitrogens with one attached hydrogen (secondary N) is 1. The molecule has 1 unspecified atom stereocenters. The van der Waals surface area contributed by atoms with Gasteiger partial charge in [-0.15, -0.1) is 0 Å². The fourth-order valence-corrected chi connectivity index (χ4v) is 2.88. The van der Waals surface area contributed by atoms with Gasteiger partial charge in [0.05, 0.1) is 13.0 Å².